The van der Waals surface area contributed by atoms with E-state index in [-0.39, 0.29) is 0 Å². The summed E-state index contributed by atoms with van der Waals surface area (Å²) in [5.41, 5.74) is 21.6. The summed E-state index contributed by atoms with van der Waals surface area (Å²) in [6.45, 7) is 0. The summed E-state index contributed by atoms with van der Waals surface area (Å²) in [5.74, 6) is 4.39. The Balaban J connectivity index is 0.000000106. The smallest absolute Gasteiger partial charge is 0.238 e. The molecule has 0 bridgehead atoms. The van der Waals surface area contributed by atoms with Gasteiger partial charge in [0.1, 0.15) is 33.5 Å². The number of fused-ring (bicyclic) bond motifs is 26. The Morgan fingerprint density at radius 3 is 0.869 bits per heavy atom. The predicted octanol–water partition coefficient (Wildman–Crippen LogP) is 32.4. The minimum absolute atomic E-state index is 0.574. The molecular formula is C124H74N10O3. The van der Waals surface area contributed by atoms with Gasteiger partial charge in [0, 0.05) is 92.6 Å². The second-order valence-corrected chi connectivity index (χ2v) is 34.6. The zero-order valence-electron chi connectivity index (χ0n) is 73.4. The summed E-state index contributed by atoms with van der Waals surface area (Å²) in [7, 11) is 0. The Hall–Kier alpha value is -18.7. The van der Waals surface area contributed by atoms with Crippen LogP contribution in [0.1, 0.15) is 0 Å². The molecule has 21 aromatic carbocycles. The summed E-state index contributed by atoms with van der Waals surface area (Å²) < 4.78 is 23.6. The molecule has 0 fully saturated rings. The Morgan fingerprint density at radius 2 is 0.460 bits per heavy atom. The molecule has 0 amide bonds. The number of benzene rings is 21. The molecule has 0 N–H and O–H groups in total. The third-order valence-electron chi connectivity index (χ3n) is 26.8. The molecular weight excluding hydrogens is 1680 g/mol. The molecule has 0 spiro atoms. The van der Waals surface area contributed by atoms with Crippen LogP contribution in [0, 0.1) is 0 Å². The van der Waals surface area contributed by atoms with Crippen LogP contribution >= 0.6 is 0 Å². The van der Waals surface area contributed by atoms with Crippen molar-refractivity contribution in [1.29, 1.82) is 0 Å². The maximum Gasteiger partial charge on any atom is 0.238 e. The van der Waals surface area contributed by atoms with Crippen molar-refractivity contribution in [2.75, 3.05) is 0 Å². The summed E-state index contributed by atoms with van der Waals surface area (Å²) in [4.78, 5) is 40.5. The molecule has 0 aliphatic carbocycles. The number of hydrogen-bond acceptors (Lipinski definition) is 11. The molecule has 638 valence electrons. The minimum Gasteiger partial charge on any atom is -0.456 e. The second kappa shape index (κ2) is 32.1. The topological polar surface area (TPSA) is 152 Å². The Bertz CT molecular complexity index is 9830. The Kier molecular flexibility index (Phi) is 18.3. The first-order chi connectivity index (χ1) is 67.9. The minimum atomic E-state index is 0.574. The SMILES string of the molecule is c1ccc(-c2nc(-c3ccccc3)nc(-c3cc4oc5ccccc5c4c4ccccc34)n2)cc1.c1ccc(-c2nc(-c3ccccc3)nc(-n3c4ccc(-c5cc6oc7ccccc7c6c6ccccc56)cc4c4c5ccccc5ccc43)n2)cc1.c1ccc(-c2nc(-n3c4ccc(-c5cc6oc7ccccc7c6c6ccccc56)cc4c4c5ccccc5ccc43)nc3ccccc23)cc1. The first-order valence-electron chi connectivity index (χ1n) is 45.9. The van der Waals surface area contributed by atoms with Crippen LogP contribution in [0.25, 0.3) is 277 Å². The van der Waals surface area contributed by atoms with Crippen molar-refractivity contribution >= 4 is 174 Å². The zero-order chi connectivity index (χ0) is 90.1. The first-order valence-corrected chi connectivity index (χ1v) is 45.9. The van der Waals surface area contributed by atoms with E-state index in [1.807, 2.05) is 176 Å². The molecule has 0 radical (unpaired) electrons. The van der Waals surface area contributed by atoms with Crippen LogP contribution in [0.3, 0.4) is 0 Å². The van der Waals surface area contributed by atoms with Gasteiger partial charge in [-0.3, -0.25) is 9.13 Å². The van der Waals surface area contributed by atoms with E-state index in [4.69, 9.17) is 53.1 Å². The van der Waals surface area contributed by atoms with Crippen molar-refractivity contribution in [2.45, 2.75) is 0 Å². The fraction of sp³-hybridized carbons (Fsp3) is 0. The highest BCUT2D eigenvalue weighted by molar-refractivity contribution is 6.28. The van der Waals surface area contributed by atoms with Crippen LogP contribution in [0.4, 0.5) is 0 Å². The molecule has 0 aliphatic heterocycles. The van der Waals surface area contributed by atoms with Gasteiger partial charge in [-0.1, -0.05) is 370 Å². The molecule has 137 heavy (non-hydrogen) atoms. The van der Waals surface area contributed by atoms with Gasteiger partial charge in [0.25, 0.3) is 0 Å². The molecule has 0 unspecified atom stereocenters. The molecule has 13 heteroatoms. The molecule has 29 aromatic rings. The average Bonchev–Trinajstić information content (AvgIpc) is 1.57. The molecule has 0 atom stereocenters. The number of hydrogen-bond donors (Lipinski definition) is 0. The van der Waals surface area contributed by atoms with Gasteiger partial charge in [0.15, 0.2) is 29.1 Å². The van der Waals surface area contributed by atoms with E-state index in [2.05, 4.69) is 282 Å². The standard InChI is InChI=1S/C47H28N4O.C46H27N3O.C31H19N3O/c1-3-14-30(15-4-1)45-48-46(31-16-5-2-6-17-31)50-47(49-45)51-39-25-24-32(27-38(39)43-33-18-8-7-13-29(33)23-26-40(43)51)37-28-42-44(35-20-10-9-19-34(35)37)36-21-11-12-22-41(36)52-42;1-2-13-29(14-3-1)45-34-18-8-10-20-38(34)47-46(48-45)49-39-24-23-30(26-37(39)43-31-15-5-4-12-28(31)22-25-40(43)49)36-27-42-44(33-17-7-6-16-32(33)36)35-19-9-11-21-41(35)50-42;1-3-11-20(12-4-1)29-32-30(21-13-5-2-6-14-21)34-31(33-29)25-19-27-28(23-16-8-7-15-22(23)25)24-17-9-10-18-26(24)35-27/h1-28H;1-27H;1-19H. The largest absolute Gasteiger partial charge is 0.456 e. The lowest BCUT2D eigenvalue weighted by molar-refractivity contribution is 0.669. The maximum atomic E-state index is 6.47. The number of furan rings is 3. The Morgan fingerprint density at radius 1 is 0.161 bits per heavy atom. The first kappa shape index (κ1) is 78.2. The molecule has 0 aliphatic rings. The molecule has 8 aromatic heterocycles. The van der Waals surface area contributed by atoms with Gasteiger partial charge in [0.2, 0.25) is 11.9 Å². The van der Waals surface area contributed by atoms with E-state index in [1.54, 1.807) is 0 Å². The maximum absolute atomic E-state index is 6.47. The fourth-order valence-corrected chi connectivity index (χ4v) is 20.6. The number of nitrogens with zero attached hydrogens (tertiary/aromatic N) is 10. The van der Waals surface area contributed by atoms with Gasteiger partial charge in [-0.15, -0.1) is 0 Å². The van der Waals surface area contributed by atoms with Crippen molar-refractivity contribution in [3.8, 4) is 102 Å². The normalized spacial score (nSPS) is 11.8. The Labute approximate surface area is 782 Å². The van der Waals surface area contributed by atoms with E-state index < -0.39 is 0 Å². The van der Waals surface area contributed by atoms with Crippen LogP contribution in [0.15, 0.2) is 462 Å². The van der Waals surface area contributed by atoms with Crippen LogP contribution in [0.5, 0.6) is 0 Å². The molecule has 8 heterocycles. The van der Waals surface area contributed by atoms with E-state index in [9.17, 15) is 0 Å². The number of aromatic nitrogens is 10. The summed E-state index contributed by atoms with van der Waals surface area (Å²) >= 11 is 0. The number of para-hydroxylation sites is 4. The van der Waals surface area contributed by atoms with Crippen LogP contribution in [-0.4, -0.2) is 49.0 Å². The second-order valence-electron chi connectivity index (χ2n) is 34.6. The van der Waals surface area contributed by atoms with Gasteiger partial charge in [0.05, 0.1) is 33.3 Å². The molecule has 0 saturated heterocycles. The van der Waals surface area contributed by atoms with Crippen molar-refractivity contribution in [3.63, 3.8) is 0 Å². The summed E-state index contributed by atoms with van der Waals surface area (Å²) in [6.07, 6.45) is 0. The van der Waals surface area contributed by atoms with Gasteiger partial charge in [-0.05, 0) is 155 Å². The fourth-order valence-electron chi connectivity index (χ4n) is 20.6. The highest BCUT2D eigenvalue weighted by atomic mass is 16.3. The monoisotopic (exact) mass is 1750 g/mol. The lowest BCUT2D eigenvalue weighted by Crippen LogP contribution is -2.06. The van der Waals surface area contributed by atoms with Gasteiger partial charge < -0.3 is 13.3 Å². The zero-order valence-corrected chi connectivity index (χ0v) is 73.4. The summed E-state index contributed by atoms with van der Waals surface area (Å²) in [5, 5.41) is 24.2. The van der Waals surface area contributed by atoms with Crippen LogP contribution < -0.4 is 0 Å². The van der Waals surface area contributed by atoms with E-state index in [1.165, 1.54) is 48.5 Å². The third kappa shape index (κ3) is 13.1. The highest BCUT2D eigenvalue weighted by Crippen LogP contribution is 2.48. The van der Waals surface area contributed by atoms with Gasteiger partial charge in [-0.2, -0.15) is 9.97 Å². The number of rotatable bonds is 10. The molecule has 13 nitrogen and oxygen atoms in total. The average molecular weight is 1750 g/mol. The van der Waals surface area contributed by atoms with Crippen molar-refractivity contribution in [3.05, 3.63) is 449 Å². The predicted molar refractivity (Wildman–Crippen MR) is 561 cm³/mol. The molecule has 29 rings (SSSR count). The van der Waals surface area contributed by atoms with Gasteiger partial charge in [-0.25, -0.2) is 29.9 Å². The lowest BCUT2D eigenvalue weighted by Gasteiger charge is -2.12. The van der Waals surface area contributed by atoms with Crippen molar-refractivity contribution in [1.82, 2.24) is 49.0 Å². The lowest BCUT2D eigenvalue weighted by atomic mass is 9.94. The highest BCUT2D eigenvalue weighted by Gasteiger charge is 2.27. The van der Waals surface area contributed by atoms with E-state index in [0.29, 0.717) is 41.0 Å². The quantitative estimate of drug-likeness (QED) is 0.129. The molecule has 0 saturated carbocycles. The van der Waals surface area contributed by atoms with Gasteiger partial charge >= 0.3 is 0 Å². The summed E-state index contributed by atoms with van der Waals surface area (Å²) in [6, 6.07) is 156. The third-order valence-corrected chi connectivity index (χ3v) is 26.8. The van der Waals surface area contributed by atoms with Crippen LogP contribution in [0.2, 0.25) is 0 Å². The van der Waals surface area contributed by atoms with Crippen molar-refractivity contribution in [2.24, 2.45) is 0 Å². The van der Waals surface area contributed by atoms with E-state index >= 15 is 0 Å². The van der Waals surface area contributed by atoms with Crippen LogP contribution in [-0.2, 0) is 0 Å². The van der Waals surface area contributed by atoms with E-state index in [0.717, 1.165) is 187 Å². The van der Waals surface area contributed by atoms with Crippen molar-refractivity contribution < 1.29 is 13.3 Å².